The third kappa shape index (κ3) is 4.95. The maximum absolute atomic E-state index is 12.8. The van der Waals surface area contributed by atoms with Crippen molar-refractivity contribution in [3.05, 3.63) is 71.8 Å². The number of hydrogen-bond donors (Lipinski definition) is 1. The first kappa shape index (κ1) is 22.6. The highest BCUT2D eigenvalue weighted by Gasteiger charge is 2.44. The molecule has 0 aromatic heterocycles. The van der Waals surface area contributed by atoms with E-state index in [1.54, 1.807) is 20.8 Å². The van der Waals surface area contributed by atoms with Gasteiger partial charge in [-0.25, -0.2) is 9.59 Å². The highest BCUT2D eigenvalue weighted by atomic mass is 16.6. The van der Waals surface area contributed by atoms with Crippen LogP contribution in [0.25, 0.3) is 10.8 Å². The molecule has 1 aliphatic carbocycles. The van der Waals surface area contributed by atoms with E-state index < -0.39 is 23.2 Å². The molecule has 6 heteroatoms. The number of fused-ring (bicyclic) bond motifs is 2. The molecular formula is C27H29NO5. The molecule has 0 saturated carbocycles. The van der Waals surface area contributed by atoms with Gasteiger partial charge in [0.1, 0.15) is 22.6 Å². The Morgan fingerprint density at radius 3 is 2.48 bits per heavy atom. The van der Waals surface area contributed by atoms with Gasteiger partial charge in [0.15, 0.2) is 0 Å². The standard InChI is InChI=1S/C27H29NO5/c1-26(2,3)33-25(30)28-27(24(29)31-4)15-14-18-12-13-21(16-20(18)17-27)32-23-11-7-9-19-8-5-6-10-22(19)23/h5-13,16H,14-15,17H2,1-4H3,(H,28,30). The van der Waals surface area contributed by atoms with Crippen molar-refractivity contribution in [1.29, 1.82) is 0 Å². The Labute approximate surface area is 193 Å². The van der Waals surface area contributed by atoms with Crippen LogP contribution in [0.1, 0.15) is 38.3 Å². The Morgan fingerprint density at radius 2 is 1.73 bits per heavy atom. The Kier molecular flexibility index (Phi) is 6.02. The summed E-state index contributed by atoms with van der Waals surface area (Å²) in [5.74, 6) is 0.942. The summed E-state index contributed by atoms with van der Waals surface area (Å²) in [6.45, 7) is 5.35. The van der Waals surface area contributed by atoms with Crippen LogP contribution in [0.2, 0.25) is 0 Å². The Hall–Kier alpha value is -3.54. The molecule has 0 aliphatic heterocycles. The zero-order valence-corrected chi connectivity index (χ0v) is 19.4. The van der Waals surface area contributed by atoms with Gasteiger partial charge in [0.25, 0.3) is 0 Å². The van der Waals surface area contributed by atoms with Gasteiger partial charge in [0.05, 0.1) is 7.11 Å². The van der Waals surface area contributed by atoms with Gasteiger partial charge in [-0.1, -0.05) is 42.5 Å². The second kappa shape index (κ2) is 8.77. The average molecular weight is 448 g/mol. The monoisotopic (exact) mass is 447 g/mol. The van der Waals surface area contributed by atoms with Crippen LogP contribution in [0.3, 0.4) is 0 Å². The minimum atomic E-state index is -1.19. The predicted octanol–water partition coefficient (Wildman–Crippen LogP) is 5.56. The van der Waals surface area contributed by atoms with Gasteiger partial charge < -0.3 is 19.5 Å². The molecule has 1 N–H and O–H groups in total. The van der Waals surface area contributed by atoms with Crippen LogP contribution in [0.4, 0.5) is 4.79 Å². The number of amides is 1. The summed E-state index contributed by atoms with van der Waals surface area (Å²) in [6.07, 6.45) is 0.699. The summed E-state index contributed by atoms with van der Waals surface area (Å²) in [5, 5.41) is 4.92. The Bertz CT molecular complexity index is 1190. The summed E-state index contributed by atoms with van der Waals surface area (Å²) in [5.41, 5.74) is 0.182. The first-order valence-corrected chi connectivity index (χ1v) is 11.1. The largest absolute Gasteiger partial charge is 0.467 e. The second-order valence-corrected chi connectivity index (χ2v) is 9.39. The number of aryl methyl sites for hydroxylation is 1. The van der Waals surface area contributed by atoms with E-state index >= 15 is 0 Å². The van der Waals surface area contributed by atoms with Gasteiger partial charge in [0.2, 0.25) is 0 Å². The van der Waals surface area contributed by atoms with Crippen LogP contribution >= 0.6 is 0 Å². The summed E-state index contributed by atoms with van der Waals surface area (Å²) >= 11 is 0. The van der Waals surface area contributed by atoms with E-state index in [0.29, 0.717) is 25.0 Å². The van der Waals surface area contributed by atoms with Crippen molar-refractivity contribution in [1.82, 2.24) is 5.32 Å². The van der Waals surface area contributed by atoms with Crippen LogP contribution in [-0.4, -0.2) is 30.3 Å². The molecule has 0 heterocycles. The first-order valence-electron chi connectivity index (χ1n) is 11.1. The number of ether oxygens (including phenoxy) is 3. The number of nitrogens with one attached hydrogen (secondary N) is 1. The van der Waals surface area contributed by atoms with Crippen molar-refractivity contribution in [3.8, 4) is 11.5 Å². The highest BCUT2D eigenvalue weighted by molar-refractivity contribution is 5.88. The van der Waals surface area contributed by atoms with E-state index in [-0.39, 0.29) is 0 Å². The number of rotatable bonds is 4. The maximum Gasteiger partial charge on any atom is 0.408 e. The van der Waals surface area contributed by atoms with Crippen molar-refractivity contribution in [2.24, 2.45) is 0 Å². The van der Waals surface area contributed by atoms with Crippen molar-refractivity contribution >= 4 is 22.8 Å². The summed E-state index contributed by atoms with van der Waals surface area (Å²) in [7, 11) is 1.33. The fourth-order valence-electron chi connectivity index (χ4n) is 4.27. The second-order valence-electron chi connectivity index (χ2n) is 9.39. The summed E-state index contributed by atoms with van der Waals surface area (Å²) in [6, 6.07) is 19.9. The SMILES string of the molecule is COC(=O)C1(NC(=O)OC(C)(C)C)CCc2ccc(Oc3cccc4ccccc34)cc2C1. The Morgan fingerprint density at radius 1 is 0.970 bits per heavy atom. The van der Waals surface area contributed by atoms with Crippen LogP contribution in [0, 0.1) is 0 Å². The van der Waals surface area contributed by atoms with Gasteiger partial charge in [0, 0.05) is 11.8 Å². The fourth-order valence-corrected chi connectivity index (χ4v) is 4.27. The number of alkyl carbamates (subject to hydrolysis) is 1. The summed E-state index contributed by atoms with van der Waals surface area (Å²) < 4.78 is 16.7. The number of esters is 1. The van der Waals surface area contributed by atoms with Crippen molar-refractivity contribution < 1.29 is 23.8 Å². The molecule has 0 spiro atoms. The minimum Gasteiger partial charge on any atom is -0.467 e. The fraction of sp³-hybridized carbons (Fsp3) is 0.333. The lowest BCUT2D eigenvalue weighted by atomic mass is 9.78. The molecule has 0 bridgehead atoms. The first-order chi connectivity index (χ1) is 15.7. The molecule has 1 unspecified atom stereocenters. The van der Waals surface area contributed by atoms with E-state index in [4.69, 9.17) is 14.2 Å². The number of hydrogen-bond acceptors (Lipinski definition) is 5. The van der Waals surface area contributed by atoms with Crippen LogP contribution in [0.15, 0.2) is 60.7 Å². The molecule has 33 heavy (non-hydrogen) atoms. The predicted molar refractivity (Wildman–Crippen MR) is 127 cm³/mol. The van der Waals surface area contributed by atoms with E-state index in [0.717, 1.165) is 27.6 Å². The molecule has 3 aromatic carbocycles. The topological polar surface area (TPSA) is 73.9 Å². The van der Waals surface area contributed by atoms with Crippen molar-refractivity contribution in [2.45, 2.75) is 51.2 Å². The number of carbonyl (C=O) groups excluding carboxylic acids is 2. The molecular weight excluding hydrogens is 418 g/mol. The maximum atomic E-state index is 12.8. The zero-order chi connectivity index (χ0) is 23.6. The number of methoxy groups -OCH3 is 1. The van der Waals surface area contributed by atoms with Gasteiger partial charge in [-0.15, -0.1) is 0 Å². The summed E-state index contributed by atoms with van der Waals surface area (Å²) in [4.78, 5) is 25.3. The van der Waals surface area contributed by atoms with Crippen molar-refractivity contribution in [3.63, 3.8) is 0 Å². The molecule has 6 nitrogen and oxygen atoms in total. The van der Waals surface area contributed by atoms with Crippen LogP contribution in [0.5, 0.6) is 11.5 Å². The lowest BCUT2D eigenvalue weighted by Crippen LogP contribution is -2.59. The van der Waals surface area contributed by atoms with Crippen LogP contribution in [-0.2, 0) is 27.1 Å². The molecule has 1 atom stereocenters. The van der Waals surface area contributed by atoms with Gasteiger partial charge in [-0.2, -0.15) is 0 Å². The molecule has 0 fully saturated rings. The lowest BCUT2D eigenvalue weighted by Gasteiger charge is -2.36. The number of benzene rings is 3. The molecule has 172 valence electrons. The van der Waals surface area contributed by atoms with Gasteiger partial charge in [-0.05, 0) is 68.3 Å². The van der Waals surface area contributed by atoms with E-state index in [2.05, 4.69) is 5.32 Å². The van der Waals surface area contributed by atoms with Crippen LogP contribution < -0.4 is 10.1 Å². The number of carbonyl (C=O) groups is 2. The molecule has 3 aromatic rings. The third-order valence-corrected chi connectivity index (χ3v) is 5.78. The van der Waals surface area contributed by atoms with E-state index in [1.165, 1.54) is 7.11 Å². The third-order valence-electron chi connectivity index (χ3n) is 5.78. The quantitative estimate of drug-likeness (QED) is 0.530. The van der Waals surface area contributed by atoms with Gasteiger partial charge in [-0.3, -0.25) is 0 Å². The average Bonchev–Trinajstić information content (AvgIpc) is 2.77. The molecule has 1 amide bonds. The zero-order valence-electron chi connectivity index (χ0n) is 19.4. The van der Waals surface area contributed by atoms with Crippen molar-refractivity contribution in [2.75, 3.05) is 7.11 Å². The molecule has 1 aliphatic rings. The highest BCUT2D eigenvalue weighted by Crippen LogP contribution is 2.35. The molecule has 4 rings (SSSR count). The van der Waals surface area contributed by atoms with E-state index in [9.17, 15) is 9.59 Å². The van der Waals surface area contributed by atoms with Gasteiger partial charge >= 0.3 is 12.1 Å². The molecule has 0 radical (unpaired) electrons. The minimum absolute atomic E-state index is 0.293. The van der Waals surface area contributed by atoms with E-state index in [1.807, 2.05) is 60.7 Å². The Balaban J connectivity index is 1.62. The normalized spacial score (nSPS) is 17.7. The lowest BCUT2D eigenvalue weighted by molar-refractivity contribution is -0.149. The molecule has 0 saturated heterocycles. The smallest absolute Gasteiger partial charge is 0.408 e.